The molecule has 0 aliphatic carbocycles. The first-order valence-corrected chi connectivity index (χ1v) is 5.77. The minimum absolute atomic E-state index is 0.144. The van der Waals surface area contributed by atoms with Crippen molar-refractivity contribution in [2.75, 3.05) is 5.73 Å². The van der Waals surface area contributed by atoms with Gasteiger partial charge in [0.2, 0.25) is 0 Å². The van der Waals surface area contributed by atoms with Crippen molar-refractivity contribution in [3.8, 4) is 11.1 Å². The second-order valence-electron chi connectivity index (χ2n) is 4.09. The number of benzene rings is 1. The van der Waals surface area contributed by atoms with Gasteiger partial charge >= 0.3 is 6.18 Å². The van der Waals surface area contributed by atoms with Gasteiger partial charge in [-0.25, -0.2) is 4.98 Å². The van der Waals surface area contributed by atoms with Gasteiger partial charge in [-0.3, -0.25) is 0 Å². The van der Waals surface area contributed by atoms with Gasteiger partial charge in [0.25, 0.3) is 0 Å². The Morgan fingerprint density at radius 2 is 1.74 bits per heavy atom. The Balaban J connectivity index is 2.57. The number of alkyl halides is 3. The van der Waals surface area contributed by atoms with Crippen LogP contribution in [0.1, 0.15) is 11.3 Å². The maximum Gasteiger partial charge on any atom is 0.433 e. The van der Waals surface area contributed by atoms with Crippen molar-refractivity contribution in [3.63, 3.8) is 0 Å². The van der Waals surface area contributed by atoms with E-state index in [0.29, 0.717) is 21.7 Å². The average molecular weight is 287 g/mol. The molecule has 0 saturated heterocycles. The molecule has 100 valence electrons. The van der Waals surface area contributed by atoms with Crippen molar-refractivity contribution >= 4 is 17.4 Å². The van der Waals surface area contributed by atoms with Gasteiger partial charge in [-0.05, 0) is 36.2 Å². The lowest BCUT2D eigenvalue weighted by molar-refractivity contribution is -0.141. The summed E-state index contributed by atoms with van der Waals surface area (Å²) in [4.78, 5) is 3.42. The van der Waals surface area contributed by atoms with Gasteiger partial charge in [0.15, 0.2) is 0 Å². The topological polar surface area (TPSA) is 38.9 Å². The SMILES string of the molecule is Cc1cc(C(F)(F)F)nc(N)c1-c1ccc(Cl)cc1. The number of rotatable bonds is 1. The summed E-state index contributed by atoms with van der Waals surface area (Å²) in [7, 11) is 0. The summed E-state index contributed by atoms with van der Waals surface area (Å²) in [5.41, 5.74) is 6.25. The molecule has 0 aliphatic rings. The van der Waals surface area contributed by atoms with Crippen LogP contribution in [-0.4, -0.2) is 4.98 Å². The Labute approximate surface area is 113 Å². The number of nitrogens with zero attached hydrogens (tertiary/aromatic N) is 1. The van der Waals surface area contributed by atoms with Crippen molar-refractivity contribution in [1.82, 2.24) is 4.98 Å². The van der Waals surface area contributed by atoms with Crippen LogP contribution in [0.5, 0.6) is 0 Å². The molecule has 2 rings (SSSR count). The molecular formula is C13H10ClF3N2. The van der Waals surface area contributed by atoms with Crippen LogP contribution < -0.4 is 5.73 Å². The monoisotopic (exact) mass is 286 g/mol. The molecule has 2 nitrogen and oxygen atoms in total. The zero-order valence-electron chi connectivity index (χ0n) is 9.92. The quantitative estimate of drug-likeness (QED) is 0.848. The molecule has 0 unspecified atom stereocenters. The predicted octanol–water partition coefficient (Wildman–Crippen LogP) is 4.31. The number of anilines is 1. The third-order valence-electron chi connectivity index (χ3n) is 2.67. The lowest BCUT2D eigenvalue weighted by Gasteiger charge is -2.13. The Hall–Kier alpha value is -1.75. The first kappa shape index (κ1) is 13.7. The number of aryl methyl sites for hydroxylation is 1. The smallest absolute Gasteiger partial charge is 0.383 e. The van der Waals surface area contributed by atoms with Gasteiger partial charge in [-0.1, -0.05) is 23.7 Å². The van der Waals surface area contributed by atoms with E-state index >= 15 is 0 Å². The molecule has 0 bridgehead atoms. The van der Waals surface area contributed by atoms with Gasteiger partial charge in [0.1, 0.15) is 11.5 Å². The number of hydrogen-bond acceptors (Lipinski definition) is 2. The lowest BCUT2D eigenvalue weighted by Crippen LogP contribution is -2.11. The lowest BCUT2D eigenvalue weighted by atomic mass is 10.0. The van der Waals surface area contributed by atoms with E-state index in [1.807, 2.05) is 0 Å². The molecule has 0 spiro atoms. The summed E-state index contributed by atoms with van der Waals surface area (Å²) >= 11 is 5.77. The van der Waals surface area contributed by atoms with Crippen LogP contribution in [0.3, 0.4) is 0 Å². The number of aromatic nitrogens is 1. The van der Waals surface area contributed by atoms with Crippen molar-refractivity contribution in [2.24, 2.45) is 0 Å². The molecule has 1 aromatic heterocycles. The summed E-state index contributed by atoms with van der Waals surface area (Å²) in [5.74, 6) is -0.144. The Kier molecular flexibility index (Phi) is 3.41. The zero-order valence-corrected chi connectivity index (χ0v) is 10.7. The van der Waals surface area contributed by atoms with Gasteiger partial charge in [0.05, 0.1) is 0 Å². The predicted molar refractivity (Wildman–Crippen MR) is 68.8 cm³/mol. The van der Waals surface area contributed by atoms with Crippen molar-refractivity contribution in [3.05, 3.63) is 46.6 Å². The van der Waals surface area contributed by atoms with E-state index in [9.17, 15) is 13.2 Å². The fraction of sp³-hybridized carbons (Fsp3) is 0.154. The highest BCUT2D eigenvalue weighted by Crippen LogP contribution is 2.34. The van der Waals surface area contributed by atoms with Gasteiger partial charge < -0.3 is 5.73 Å². The number of pyridine rings is 1. The highest BCUT2D eigenvalue weighted by atomic mass is 35.5. The zero-order chi connectivity index (χ0) is 14.2. The molecule has 0 amide bonds. The van der Waals surface area contributed by atoms with E-state index in [1.165, 1.54) is 0 Å². The number of halogens is 4. The summed E-state index contributed by atoms with van der Waals surface area (Å²) in [5, 5.41) is 0.542. The van der Waals surface area contributed by atoms with E-state index in [-0.39, 0.29) is 5.82 Å². The van der Waals surface area contributed by atoms with Crippen LogP contribution in [-0.2, 0) is 6.18 Å². The molecule has 19 heavy (non-hydrogen) atoms. The van der Waals surface area contributed by atoms with Crippen LogP contribution in [0, 0.1) is 6.92 Å². The van der Waals surface area contributed by atoms with Crippen LogP contribution in [0.2, 0.25) is 5.02 Å². The van der Waals surface area contributed by atoms with Crippen molar-refractivity contribution in [2.45, 2.75) is 13.1 Å². The standard InChI is InChI=1S/C13H10ClF3N2/c1-7-6-10(13(15,16)17)19-12(18)11(7)8-2-4-9(14)5-3-8/h2-6H,1H3,(H2,18,19). The normalized spacial score (nSPS) is 11.6. The fourth-order valence-corrected chi connectivity index (χ4v) is 1.96. The van der Waals surface area contributed by atoms with E-state index in [4.69, 9.17) is 17.3 Å². The molecule has 0 atom stereocenters. The number of nitrogens with two attached hydrogens (primary N) is 1. The molecule has 2 aromatic rings. The maximum absolute atomic E-state index is 12.6. The molecule has 0 radical (unpaired) electrons. The fourth-order valence-electron chi connectivity index (χ4n) is 1.83. The molecular weight excluding hydrogens is 277 g/mol. The van der Waals surface area contributed by atoms with Crippen LogP contribution in [0.15, 0.2) is 30.3 Å². The molecule has 1 heterocycles. The van der Waals surface area contributed by atoms with Crippen molar-refractivity contribution in [1.29, 1.82) is 0 Å². The Morgan fingerprint density at radius 3 is 2.21 bits per heavy atom. The Morgan fingerprint density at radius 1 is 1.16 bits per heavy atom. The number of nitrogen functional groups attached to an aromatic ring is 1. The van der Waals surface area contributed by atoms with Crippen molar-refractivity contribution < 1.29 is 13.2 Å². The van der Waals surface area contributed by atoms with Gasteiger partial charge in [0, 0.05) is 10.6 Å². The first-order chi connectivity index (χ1) is 8.79. The minimum Gasteiger partial charge on any atom is -0.383 e. The van der Waals surface area contributed by atoms with Gasteiger partial charge in [-0.15, -0.1) is 0 Å². The van der Waals surface area contributed by atoms with E-state index in [0.717, 1.165) is 6.07 Å². The summed E-state index contributed by atoms with van der Waals surface area (Å²) in [6, 6.07) is 7.66. The average Bonchev–Trinajstić information content (AvgIpc) is 2.29. The first-order valence-electron chi connectivity index (χ1n) is 5.39. The number of hydrogen-bond donors (Lipinski definition) is 1. The minimum atomic E-state index is -4.50. The molecule has 1 aromatic carbocycles. The summed E-state index contributed by atoms with van der Waals surface area (Å²) in [6.45, 7) is 1.57. The molecule has 0 saturated carbocycles. The third kappa shape index (κ3) is 2.81. The van der Waals surface area contributed by atoms with E-state index in [1.54, 1.807) is 31.2 Å². The molecule has 6 heteroatoms. The summed E-state index contributed by atoms with van der Waals surface area (Å²) in [6.07, 6.45) is -4.50. The van der Waals surface area contributed by atoms with E-state index in [2.05, 4.69) is 4.98 Å². The van der Waals surface area contributed by atoms with Gasteiger partial charge in [-0.2, -0.15) is 13.2 Å². The molecule has 0 fully saturated rings. The van der Waals surface area contributed by atoms with Crippen LogP contribution in [0.25, 0.3) is 11.1 Å². The second-order valence-corrected chi connectivity index (χ2v) is 4.53. The highest BCUT2D eigenvalue weighted by Gasteiger charge is 2.33. The van der Waals surface area contributed by atoms with E-state index < -0.39 is 11.9 Å². The Bertz CT molecular complexity index is 583. The molecule has 2 N–H and O–H groups in total. The second kappa shape index (κ2) is 4.74. The largest absolute Gasteiger partial charge is 0.433 e. The van der Waals surface area contributed by atoms with Crippen LogP contribution >= 0.6 is 11.6 Å². The maximum atomic E-state index is 12.6. The summed E-state index contributed by atoms with van der Waals surface area (Å²) < 4.78 is 37.8. The molecule has 0 aliphatic heterocycles. The highest BCUT2D eigenvalue weighted by molar-refractivity contribution is 6.30. The third-order valence-corrected chi connectivity index (χ3v) is 2.92. The van der Waals surface area contributed by atoms with Crippen LogP contribution in [0.4, 0.5) is 19.0 Å².